The maximum Gasteiger partial charge on any atom is 0.348 e. The summed E-state index contributed by atoms with van der Waals surface area (Å²) in [6.07, 6.45) is 0. The van der Waals surface area contributed by atoms with E-state index in [1.807, 2.05) is 43.3 Å². The highest BCUT2D eigenvalue weighted by atomic mass is 16.5. The molecule has 1 saturated heterocycles. The summed E-state index contributed by atoms with van der Waals surface area (Å²) in [5.41, 5.74) is 1.83. The SMILES string of the molecule is Cc1ccccc1-n1c(-c2cc(C(=O)N(C)Cc3cccc(OCCN4CCOCC4)c3)c(O)cc2O)n[nH]c1=O. The first-order chi connectivity index (χ1) is 19.8. The number of carbonyl (C=O) groups excluding carboxylic acids is 1. The maximum absolute atomic E-state index is 13.5. The Morgan fingerprint density at radius 2 is 1.85 bits per heavy atom. The van der Waals surface area contributed by atoms with Crippen LogP contribution in [0.2, 0.25) is 0 Å². The fraction of sp³-hybridized carbons (Fsp3) is 0.300. The molecule has 11 nitrogen and oxygen atoms in total. The molecular weight excluding hydrogens is 526 g/mol. The van der Waals surface area contributed by atoms with Gasteiger partial charge in [0.15, 0.2) is 5.82 Å². The molecule has 41 heavy (non-hydrogen) atoms. The fourth-order valence-electron chi connectivity index (χ4n) is 4.85. The number of hydrogen-bond donors (Lipinski definition) is 3. The highest BCUT2D eigenvalue weighted by molar-refractivity contribution is 5.98. The molecule has 1 aliphatic rings. The third-order valence-electron chi connectivity index (χ3n) is 7.06. The number of carbonyl (C=O) groups is 1. The van der Waals surface area contributed by atoms with Gasteiger partial charge in [0.2, 0.25) is 0 Å². The van der Waals surface area contributed by atoms with Gasteiger partial charge in [-0.3, -0.25) is 9.69 Å². The number of rotatable bonds is 9. The number of benzene rings is 3. The minimum atomic E-state index is -0.501. The maximum atomic E-state index is 13.5. The summed E-state index contributed by atoms with van der Waals surface area (Å²) in [6, 6.07) is 17.2. The molecule has 0 unspecified atom stereocenters. The number of aryl methyl sites for hydroxylation is 1. The Labute approximate surface area is 237 Å². The van der Waals surface area contributed by atoms with E-state index in [0.29, 0.717) is 18.0 Å². The standard InChI is InChI=1S/C30H33N5O6/c1-20-6-3-4-9-25(20)35-28(31-32-30(35)39)23-17-24(27(37)18-26(23)36)29(38)33(2)19-21-7-5-8-22(16-21)41-15-12-34-10-13-40-14-11-34/h3-9,16-18,36-37H,10-15,19H2,1-2H3,(H,32,39). The van der Waals surface area contributed by atoms with Gasteiger partial charge < -0.3 is 24.6 Å². The molecule has 214 valence electrons. The van der Waals surface area contributed by atoms with Crippen molar-refractivity contribution in [2.45, 2.75) is 13.5 Å². The number of ether oxygens (including phenoxy) is 2. The first-order valence-electron chi connectivity index (χ1n) is 13.4. The van der Waals surface area contributed by atoms with Crippen LogP contribution < -0.4 is 10.4 Å². The molecule has 0 spiro atoms. The lowest BCUT2D eigenvalue weighted by Gasteiger charge is -2.26. The Bertz CT molecular complexity index is 1590. The number of hydrogen-bond acceptors (Lipinski definition) is 8. The minimum Gasteiger partial charge on any atom is -0.507 e. The molecule has 0 aliphatic carbocycles. The zero-order valence-electron chi connectivity index (χ0n) is 23.0. The normalized spacial score (nSPS) is 13.7. The van der Waals surface area contributed by atoms with Gasteiger partial charge in [-0.05, 0) is 42.3 Å². The molecule has 1 amide bonds. The van der Waals surface area contributed by atoms with E-state index in [-0.39, 0.29) is 35.0 Å². The molecule has 3 aromatic carbocycles. The van der Waals surface area contributed by atoms with Gasteiger partial charge in [-0.2, -0.15) is 5.10 Å². The lowest BCUT2D eigenvalue weighted by atomic mass is 10.1. The summed E-state index contributed by atoms with van der Waals surface area (Å²) in [7, 11) is 1.62. The number of phenolic OH excluding ortho intramolecular Hbond substituents is 2. The van der Waals surface area contributed by atoms with Gasteiger partial charge in [0.1, 0.15) is 23.9 Å². The van der Waals surface area contributed by atoms with E-state index in [4.69, 9.17) is 9.47 Å². The van der Waals surface area contributed by atoms with E-state index in [0.717, 1.165) is 50.0 Å². The first kappa shape index (κ1) is 27.9. The largest absolute Gasteiger partial charge is 0.507 e. The Balaban J connectivity index is 1.33. The van der Waals surface area contributed by atoms with Crippen molar-refractivity contribution >= 4 is 5.91 Å². The predicted octanol–water partition coefficient (Wildman–Crippen LogP) is 2.93. The van der Waals surface area contributed by atoms with Crippen LogP contribution in [0.3, 0.4) is 0 Å². The quantitative estimate of drug-likeness (QED) is 0.285. The number of morpholine rings is 1. The summed E-state index contributed by atoms with van der Waals surface area (Å²) in [5.74, 6) is -0.358. The number of aromatic hydroxyl groups is 2. The number of nitrogens with one attached hydrogen (secondary N) is 1. The number of phenols is 2. The summed E-state index contributed by atoms with van der Waals surface area (Å²) in [4.78, 5) is 29.9. The van der Waals surface area contributed by atoms with Gasteiger partial charge in [-0.1, -0.05) is 30.3 Å². The second-order valence-corrected chi connectivity index (χ2v) is 9.97. The third kappa shape index (κ3) is 6.26. The molecule has 0 saturated carbocycles. The number of aromatic amines is 1. The molecule has 1 aliphatic heterocycles. The van der Waals surface area contributed by atoms with E-state index in [2.05, 4.69) is 15.1 Å². The van der Waals surface area contributed by atoms with Gasteiger partial charge in [0, 0.05) is 39.3 Å². The zero-order chi connectivity index (χ0) is 28.9. The van der Waals surface area contributed by atoms with Gasteiger partial charge in [-0.15, -0.1) is 0 Å². The molecule has 0 radical (unpaired) electrons. The molecule has 1 aromatic heterocycles. The summed E-state index contributed by atoms with van der Waals surface area (Å²) in [6.45, 7) is 6.72. The summed E-state index contributed by atoms with van der Waals surface area (Å²) < 4.78 is 12.6. The van der Waals surface area contributed by atoms with E-state index in [1.54, 1.807) is 19.2 Å². The summed E-state index contributed by atoms with van der Waals surface area (Å²) >= 11 is 0. The number of H-pyrrole nitrogens is 1. The molecule has 3 N–H and O–H groups in total. The average molecular weight is 560 g/mol. The molecule has 5 rings (SSSR count). The zero-order valence-corrected chi connectivity index (χ0v) is 23.0. The van der Waals surface area contributed by atoms with Crippen LogP contribution in [0.25, 0.3) is 17.1 Å². The van der Waals surface area contributed by atoms with Crippen molar-refractivity contribution in [3.63, 3.8) is 0 Å². The second-order valence-electron chi connectivity index (χ2n) is 9.97. The third-order valence-corrected chi connectivity index (χ3v) is 7.06. The number of aromatic nitrogens is 3. The molecule has 2 heterocycles. The Hall–Kier alpha value is -4.61. The Morgan fingerprint density at radius 1 is 1.07 bits per heavy atom. The summed E-state index contributed by atoms with van der Waals surface area (Å²) in [5, 5.41) is 27.8. The second kappa shape index (κ2) is 12.3. The van der Waals surface area contributed by atoms with Crippen LogP contribution in [0.5, 0.6) is 17.2 Å². The van der Waals surface area contributed by atoms with Gasteiger partial charge >= 0.3 is 5.69 Å². The number of nitrogens with zero attached hydrogens (tertiary/aromatic N) is 4. The fourth-order valence-corrected chi connectivity index (χ4v) is 4.85. The Kier molecular flexibility index (Phi) is 8.37. The van der Waals surface area contributed by atoms with Crippen LogP contribution in [-0.4, -0.2) is 87.2 Å². The number of amides is 1. The highest BCUT2D eigenvalue weighted by Crippen LogP contribution is 2.35. The van der Waals surface area contributed by atoms with Crippen molar-refractivity contribution < 1.29 is 24.5 Å². The monoisotopic (exact) mass is 559 g/mol. The minimum absolute atomic E-state index is 0.0370. The average Bonchev–Trinajstić information content (AvgIpc) is 3.34. The van der Waals surface area contributed by atoms with Crippen LogP contribution >= 0.6 is 0 Å². The molecule has 0 bridgehead atoms. The Morgan fingerprint density at radius 3 is 2.63 bits per heavy atom. The van der Waals surface area contributed by atoms with E-state index < -0.39 is 11.6 Å². The van der Waals surface area contributed by atoms with E-state index in [1.165, 1.54) is 15.5 Å². The number of para-hydroxylation sites is 1. The van der Waals surface area contributed by atoms with Crippen molar-refractivity contribution in [1.29, 1.82) is 0 Å². The van der Waals surface area contributed by atoms with Crippen LogP contribution in [-0.2, 0) is 11.3 Å². The molecule has 11 heteroatoms. The van der Waals surface area contributed by atoms with Crippen molar-refractivity contribution in [2.75, 3.05) is 46.5 Å². The van der Waals surface area contributed by atoms with Crippen molar-refractivity contribution in [1.82, 2.24) is 24.6 Å². The molecular formula is C30H33N5O6. The van der Waals surface area contributed by atoms with Crippen LogP contribution in [0.1, 0.15) is 21.5 Å². The smallest absolute Gasteiger partial charge is 0.348 e. The van der Waals surface area contributed by atoms with Crippen LogP contribution in [0.15, 0.2) is 65.5 Å². The lowest BCUT2D eigenvalue weighted by Crippen LogP contribution is -2.38. The van der Waals surface area contributed by atoms with E-state index in [9.17, 15) is 19.8 Å². The first-order valence-corrected chi connectivity index (χ1v) is 13.4. The molecule has 1 fully saturated rings. The van der Waals surface area contributed by atoms with Crippen molar-refractivity contribution in [3.05, 3.63) is 87.8 Å². The molecule has 0 atom stereocenters. The topological polar surface area (TPSA) is 133 Å². The van der Waals surface area contributed by atoms with Crippen molar-refractivity contribution in [2.24, 2.45) is 0 Å². The highest BCUT2D eigenvalue weighted by Gasteiger charge is 2.23. The predicted molar refractivity (Wildman–Crippen MR) is 153 cm³/mol. The van der Waals surface area contributed by atoms with Crippen LogP contribution in [0, 0.1) is 6.92 Å². The van der Waals surface area contributed by atoms with Crippen molar-refractivity contribution in [3.8, 4) is 34.3 Å². The lowest BCUT2D eigenvalue weighted by molar-refractivity contribution is 0.0322. The molecule has 4 aromatic rings. The van der Waals surface area contributed by atoms with Crippen LogP contribution in [0.4, 0.5) is 0 Å². The van der Waals surface area contributed by atoms with Gasteiger partial charge in [0.25, 0.3) is 5.91 Å². The van der Waals surface area contributed by atoms with Gasteiger partial charge in [-0.25, -0.2) is 14.5 Å². The van der Waals surface area contributed by atoms with E-state index >= 15 is 0 Å². The van der Waals surface area contributed by atoms with Gasteiger partial charge in [0.05, 0.1) is 30.0 Å².